The number of nitrogens with one attached hydrogen (secondary N) is 1. The highest BCUT2D eigenvalue weighted by atomic mass is 32.2. The van der Waals surface area contributed by atoms with E-state index in [2.05, 4.69) is 5.32 Å². The standard InChI is InChI=1S/C20H22N2O4S2/c1-14-4-6-15(7-5-14)13-22-17-8-10-27-20(17)19(23)18(28(22,24)25)12-21-11-16-3-2-9-26-16/h4-8,10,12,16,21H,2-3,9,11,13H2,1H3/b18-12-. The fourth-order valence-corrected chi connectivity index (χ4v) is 5.91. The van der Waals surface area contributed by atoms with Gasteiger partial charge in [-0.3, -0.25) is 9.10 Å². The van der Waals surface area contributed by atoms with Gasteiger partial charge in [0, 0.05) is 19.4 Å². The van der Waals surface area contributed by atoms with Gasteiger partial charge in [-0.1, -0.05) is 29.8 Å². The molecule has 1 N–H and O–H groups in total. The molecule has 1 fully saturated rings. The number of Topliss-reactive ketones (excluding diaryl/α,β-unsaturated/α-hetero) is 1. The molecule has 4 rings (SSSR count). The maximum atomic E-state index is 13.3. The fourth-order valence-electron chi connectivity index (χ4n) is 3.40. The summed E-state index contributed by atoms with van der Waals surface area (Å²) in [6, 6.07) is 9.41. The van der Waals surface area contributed by atoms with E-state index in [0.29, 0.717) is 17.1 Å². The van der Waals surface area contributed by atoms with Crippen molar-refractivity contribution in [1.82, 2.24) is 5.32 Å². The highest BCUT2D eigenvalue weighted by Gasteiger charge is 2.41. The molecule has 1 aromatic heterocycles. The third-order valence-corrected chi connectivity index (χ3v) is 7.63. The van der Waals surface area contributed by atoms with E-state index in [1.54, 1.807) is 11.4 Å². The number of aryl methyl sites for hydroxylation is 1. The molecule has 0 bridgehead atoms. The molecule has 1 atom stereocenters. The van der Waals surface area contributed by atoms with Crippen molar-refractivity contribution >= 4 is 32.8 Å². The number of carbonyl (C=O) groups excluding carboxylic acids is 1. The molecule has 0 radical (unpaired) electrons. The van der Waals surface area contributed by atoms with Crippen LogP contribution in [-0.2, 0) is 21.3 Å². The van der Waals surface area contributed by atoms with Gasteiger partial charge in [0.15, 0.2) is 4.91 Å². The first kappa shape index (κ1) is 19.2. The summed E-state index contributed by atoms with van der Waals surface area (Å²) in [5, 5.41) is 4.74. The highest BCUT2D eigenvalue weighted by Crippen LogP contribution is 2.39. The molecule has 0 aliphatic carbocycles. The summed E-state index contributed by atoms with van der Waals surface area (Å²) in [7, 11) is -3.95. The number of hydrogen-bond acceptors (Lipinski definition) is 6. The molecule has 6 nitrogen and oxygen atoms in total. The largest absolute Gasteiger partial charge is 0.387 e. The van der Waals surface area contributed by atoms with Crippen LogP contribution in [0.4, 0.5) is 5.69 Å². The predicted octanol–water partition coefficient (Wildman–Crippen LogP) is 3.20. The number of ether oxygens (including phenoxy) is 1. The van der Waals surface area contributed by atoms with Crippen LogP contribution in [0.25, 0.3) is 0 Å². The molecule has 0 saturated carbocycles. The molecule has 1 saturated heterocycles. The minimum absolute atomic E-state index is 0.0548. The molecule has 0 amide bonds. The Morgan fingerprint density at radius 2 is 2.07 bits per heavy atom. The van der Waals surface area contributed by atoms with Crippen molar-refractivity contribution in [2.45, 2.75) is 32.4 Å². The number of ketones is 1. The van der Waals surface area contributed by atoms with Gasteiger partial charge < -0.3 is 10.1 Å². The van der Waals surface area contributed by atoms with E-state index in [1.807, 2.05) is 31.2 Å². The van der Waals surface area contributed by atoms with E-state index in [1.165, 1.54) is 21.8 Å². The Bertz CT molecular complexity index is 1000. The molecule has 1 aromatic carbocycles. The van der Waals surface area contributed by atoms with E-state index >= 15 is 0 Å². The molecular formula is C20H22N2O4S2. The summed E-state index contributed by atoms with van der Waals surface area (Å²) in [6.07, 6.45) is 3.33. The topological polar surface area (TPSA) is 75.7 Å². The van der Waals surface area contributed by atoms with Crippen LogP contribution in [0.5, 0.6) is 0 Å². The molecule has 2 aliphatic rings. The van der Waals surface area contributed by atoms with Crippen LogP contribution in [0.1, 0.15) is 33.6 Å². The van der Waals surface area contributed by atoms with Crippen LogP contribution in [0, 0.1) is 6.92 Å². The van der Waals surface area contributed by atoms with Crippen molar-refractivity contribution < 1.29 is 17.9 Å². The number of carbonyl (C=O) groups is 1. The Morgan fingerprint density at radius 1 is 1.29 bits per heavy atom. The second kappa shape index (κ2) is 7.69. The number of anilines is 1. The van der Waals surface area contributed by atoms with Crippen LogP contribution in [0.15, 0.2) is 46.8 Å². The minimum Gasteiger partial charge on any atom is -0.387 e. The van der Waals surface area contributed by atoms with Crippen molar-refractivity contribution in [3.63, 3.8) is 0 Å². The summed E-state index contributed by atoms with van der Waals surface area (Å²) in [5.41, 5.74) is 2.43. The van der Waals surface area contributed by atoms with Gasteiger partial charge in [0.2, 0.25) is 5.78 Å². The third kappa shape index (κ3) is 3.59. The van der Waals surface area contributed by atoms with E-state index in [-0.39, 0.29) is 17.6 Å². The zero-order valence-corrected chi connectivity index (χ0v) is 17.2. The van der Waals surface area contributed by atoms with Gasteiger partial charge in [-0.25, -0.2) is 8.42 Å². The Hall–Kier alpha value is -2.16. The first-order valence-corrected chi connectivity index (χ1v) is 11.5. The van der Waals surface area contributed by atoms with Crippen LogP contribution >= 0.6 is 11.3 Å². The lowest BCUT2D eigenvalue weighted by Crippen LogP contribution is -2.39. The molecule has 28 heavy (non-hydrogen) atoms. The number of hydrogen-bond donors (Lipinski definition) is 1. The zero-order valence-electron chi connectivity index (χ0n) is 15.6. The van der Waals surface area contributed by atoms with Gasteiger partial charge in [-0.2, -0.15) is 0 Å². The number of benzene rings is 1. The Labute approximate surface area is 168 Å². The van der Waals surface area contributed by atoms with Crippen molar-refractivity contribution in [3.05, 3.63) is 62.8 Å². The zero-order chi connectivity index (χ0) is 19.7. The maximum absolute atomic E-state index is 13.3. The van der Waals surface area contributed by atoms with Gasteiger partial charge >= 0.3 is 0 Å². The summed E-state index contributed by atoms with van der Waals surface area (Å²) >= 11 is 1.26. The first-order chi connectivity index (χ1) is 13.5. The van der Waals surface area contributed by atoms with Crippen molar-refractivity contribution in [1.29, 1.82) is 0 Å². The lowest BCUT2D eigenvalue weighted by Gasteiger charge is -2.29. The fraction of sp³-hybridized carbons (Fsp3) is 0.350. The van der Waals surface area contributed by atoms with E-state index in [4.69, 9.17) is 4.74 Å². The normalized spacial score (nSPS) is 22.5. The Kier molecular flexibility index (Phi) is 5.27. The van der Waals surface area contributed by atoms with Gasteiger partial charge in [0.05, 0.1) is 18.3 Å². The molecule has 8 heteroatoms. The average Bonchev–Trinajstić information content (AvgIpc) is 3.35. The minimum atomic E-state index is -3.95. The first-order valence-electron chi connectivity index (χ1n) is 9.22. The summed E-state index contributed by atoms with van der Waals surface area (Å²) in [4.78, 5) is 13.1. The quantitative estimate of drug-likeness (QED) is 0.755. The monoisotopic (exact) mass is 418 g/mol. The van der Waals surface area contributed by atoms with Crippen LogP contribution in [0.2, 0.25) is 0 Å². The van der Waals surface area contributed by atoms with Gasteiger partial charge in [-0.05, 0) is 36.8 Å². The number of sulfonamides is 1. The van der Waals surface area contributed by atoms with E-state index in [0.717, 1.165) is 30.6 Å². The molecule has 1 unspecified atom stereocenters. The Balaban J connectivity index is 1.64. The third-order valence-electron chi connectivity index (χ3n) is 4.96. The van der Waals surface area contributed by atoms with E-state index in [9.17, 15) is 13.2 Å². The molecule has 3 heterocycles. The lowest BCUT2D eigenvalue weighted by atomic mass is 10.1. The molecule has 2 aliphatic heterocycles. The highest BCUT2D eigenvalue weighted by molar-refractivity contribution is 7.97. The van der Waals surface area contributed by atoms with Gasteiger partial charge in [-0.15, -0.1) is 11.3 Å². The molecule has 0 spiro atoms. The second-order valence-electron chi connectivity index (χ2n) is 7.01. The molecule has 148 valence electrons. The van der Waals surface area contributed by atoms with Gasteiger partial charge in [0.1, 0.15) is 4.88 Å². The second-order valence-corrected chi connectivity index (χ2v) is 9.76. The predicted molar refractivity (Wildman–Crippen MR) is 110 cm³/mol. The van der Waals surface area contributed by atoms with Crippen LogP contribution < -0.4 is 9.62 Å². The number of allylic oxidation sites excluding steroid dienone is 1. The number of nitrogens with zero attached hydrogens (tertiary/aromatic N) is 1. The summed E-state index contributed by atoms with van der Waals surface area (Å²) in [5.74, 6) is -0.454. The van der Waals surface area contributed by atoms with Crippen LogP contribution in [-0.4, -0.2) is 33.5 Å². The molecule has 2 aromatic rings. The van der Waals surface area contributed by atoms with Crippen LogP contribution in [0.3, 0.4) is 0 Å². The summed E-state index contributed by atoms with van der Waals surface area (Å²) < 4.78 is 33.4. The lowest BCUT2D eigenvalue weighted by molar-refractivity contribution is 0.104. The SMILES string of the molecule is Cc1ccc(CN2c3ccsc3C(=O)/C(=C/NCC3CCCO3)S2(=O)=O)cc1. The van der Waals surface area contributed by atoms with Crippen molar-refractivity contribution in [2.24, 2.45) is 0 Å². The molecular weight excluding hydrogens is 396 g/mol. The maximum Gasteiger partial charge on any atom is 0.270 e. The number of thiophene rings is 1. The van der Waals surface area contributed by atoms with Crippen molar-refractivity contribution in [3.8, 4) is 0 Å². The van der Waals surface area contributed by atoms with E-state index < -0.39 is 15.8 Å². The summed E-state index contributed by atoms with van der Waals surface area (Å²) in [6.45, 7) is 3.38. The van der Waals surface area contributed by atoms with Gasteiger partial charge in [0.25, 0.3) is 10.0 Å². The average molecular weight is 419 g/mol. The number of rotatable bonds is 5. The number of fused-ring (bicyclic) bond motifs is 1. The Morgan fingerprint density at radius 3 is 2.79 bits per heavy atom. The smallest absolute Gasteiger partial charge is 0.270 e. The van der Waals surface area contributed by atoms with Crippen molar-refractivity contribution in [2.75, 3.05) is 17.5 Å².